The van der Waals surface area contributed by atoms with Crippen LogP contribution in [0.2, 0.25) is 0 Å². The van der Waals surface area contributed by atoms with E-state index in [4.69, 9.17) is 13.9 Å². The van der Waals surface area contributed by atoms with Gasteiger partial charge < -0.3 is 19.2 Å². The summed E-state index contributed by atoms with van der Waals surface area (Å²) in [6.45, 7) is 5.53. The van der Waals surface area contributed by atoms with Crippen molar-refractivity contribution in [1.82, 2.24) is 5.32 Å². The monoisotopic (exact) mass is 379 g/mol. The zero-order chi connectivity index (χ0) is 19.8. The molecule has 1 amide bonds. The summed E-state index contributed by atoms with van der Waals surface area (Å²) in [6, 6.07) is 17.4. The van der Waals surface area contributed by atoms with Crippen LogP contribution in [0, 0.1) is 0 Å². The molecule has 0 bridgehead atoms. The summed E-state index contributed by atoms with van der Waals surface area (Å²) in [5, 5.41) is 2.93. The Bertz CT molecular complexity index is 902. The zero-order valence-corrected chi connectivity index (χ0v) is 16.2. The highest BCUT2D eigenvalue weighted by atomic mass is 16.5. The van der Waals surface area contributed by atoms with Gasteiger partial charge in [0.15, 0.2) is 17.3 Å². The molecule has 0 saturated heterocycles. The first-order chi connectivity index (χ1) is 13.7. The summed E-state index contributed by atoms with van der Waals surface area (Å²) >= 11 is 0. The van der Waals surface area contributed by atoms with Crippen LogP contribution in [0.3, 0.4) is 0 Å². The highest BCUT2D eigenvalue weighted by Crippen LogP contribution is 2.29. The summed E-state index contributed by atoms with van der Waals surface area (Å²) in [5.41, 5.74) is 2.81. The Balaban J connectivity index is 1.62. The second-order valence-corrected chi connectivity index (χ2v) is 6.18. The number of rotatable bonds is 9. The fraction of sp³-hybridized carbons (Fsp3) is 0.261. The Kier molecular flexibility index (Phi) is 6.73. The summed E-state index contributed by atoms with van der Waals surface area (Å²) in [5.74, 6) is 1.57. The van der Waals surface area contributed by atoms with Crippen molar-refractivity contribution in [3.8, 4) is 22.6 Å². The molecule has 3 rings (SSSR count). The zero-order valence-electron chi connectivity index (χ0n) is 16.2. The van der Waals surface area contributed by atoms with E-state index in [-0.39, 0.29) is 5.91 Å². The second kappa shape index (κ2) is 9.65. The third-order valence-electron chi connectivity index (χ3n) is 4.26. The predicted octanol–water partition coefficient (Wildman–Crippen LogP) is 4.72. The van der Waals surface area contributed by atoms with E-state index in [1.165, 1.54) is 6.26 Å². The molecule has 146 valence electrons. The van der Waals surface area contributed by atoms with Crippen molar-refractivity contribution in [3.63, 3.8) is 0 Å². The average molecular weight is 379 g/mol. The van der Waals surface area contributed by atoms with Crippen LogP contribution in [0.5, 0.6) is 11.5 Å². The molecule has 0 aliphatic heterocycles. The Morgan fingerprint density at radius 2 is 1.71 bits per heavy atom. The maximum Gasteiger partial charge on any atom is 0.287 e. The van der Waals surface area contributed by atoms with Crippen LogP contribution in [0.15, 0.2) is 65.3 Å². The lowest BCUT2D eigenvalue weighted by Crippen LogP contribution is -2.25. The molecule has 1 aromatic heterocycles. The number of benzene rings is 2. The standard InChI is InChI=1S/C23H25NO4/c1-3-26-20-11-10-17(16-21(20)27-4-2)12-14-24-23(25)22-19(13-15-28-22)18-8-6-5-7-9-18/h5-11,13,15-16H,3-4,12,14H2,1-2H3,(H,24,25). The van der Waals surface area contributed by atoms with E-state index < -0.39 is 0 Å². The van der Waals surface area contributed by atoms with Crippen molar-refractivity contribution in [3.05, 3.63) is 72.2 Å². The number of hydrogen-bond donors (Lipinski definition) is 1. The molecule has 0 fully saturated rings. The lowest BCUT2D eigenvalue weighted by atomic mass is 10.1. The van der Waals surface area contributed by atoms with Gasteiger partial charge in [0.25, 0.3) is 5.91 Å². The van der Waals surface area contributed by atoms with E-state index in [9.17, 15) is 4.79 Å². The van der Waals surface area contributed by atoms with Crippen LogP contribution in [-0.4, -0.2) is 25.7 Å². The van der Waals surface area contributed by atoms with Crippen LogP contribution >= 0.6 is 0 Å². The third kappa shape index (κ3) is 4.74. The van der Waals surface area contributed by atoms with Crippen LogP contribution in [-0.2, 0) is 6.42 Å². The summed E-state index contributed by atoms with van der Waals surface area (Å²) in [7, 11) is 0. The fourth-order valence-electron chi connectivity index (χ4n) is 2.98. The van der Waals surface area contributed by atoms with Crippen molar-refractivity contribution in [1.29, 1.82) is 0 Å². The molecule has 3 aromatic rings. The van der Waals surface area contributed by atoms with Gasteiger partial charge in [-0.1, -0.05) is 36.4 Å². The van der Waals surface area contributed by atoms with Crippen molar-refractivity contribution in [2.24, 2.45) is 0 Å². The van der Waals surface area contributed by atoms with E-state index in [1.54, 1.807) is 0 Å². The largest absolute Gasteiger partial charge is 0.490 e. The first kappa shape index (κ1) is 19.5. The number of carbonyl (C=O) groups is 1. The molecule has 5 heteroatoms. The first-order valence-electron chi connectivity index (χ1n) is 9.52. The highest BCUT2D eigenvalue weighted by Gasteiger charge is 2.16. The van der Waals surface area contributed by atoms with Gasteiger partial charge >= 0.3 is 0 Å². The van der Waals surface area contributed by atoms with Gasteiger partial charge in [-0.25, -0.2) is 0 Å². The molecule has 0 atom stereocenters. The van der Waals surface area contributed by atoms with Crippen molar-refractivity contribution in [2.75, 3.05) is 19.8 Å². The Hall–Kier alpha value is -3.21. The van der Waals surface area contributed by atoms with Crippen molar-refractivity contribution < 1.29 is 18.7 Å². The van der Waals surface area contributed by atoms with Crippen LogP contribution in [0.25, 0.3) is 11.1 Å². The molecule has 5 nitrogen and oxygen atoms in total. The number of carbonyl (C=O) groups excluding carboxylic acids is 1. The molecule has 1 heterocycles. The van der Waals surface area contributed by atoms with Gasteiger partial charge in [0.2, 0.25) is 0 Å². The summed E-state index contributed by atoms with van der Waals surface area (Å²) < 4.78 is 16.7. The van der Waals surface area contributed by atoms with Gasteiger partial charge in [-0.2, -0.15) is 0 Å². The molecule has 0 unspecified atom stereocenters. The third-order valence-corrected chi connectivity index (χ3v) is 4.26. The van der Waals surface area contributed by atoms with Gasteiger partial charge in [0, 0.05) is 12.1 Å². The molecule has 0 aliphatic carbocycles. The Morgan fingerprint density at radius 3 is 2.46 bits per heavy atom. The Morgan fingerprint density at radius 1 is 0.964 bits per heavy atom. The maximum atomic E-state index is 12.5. The van der Waals surface area contributed by atoms with Crippen LogP contribution in [0.4, 0.5) is 0 Å². The van der Waals surface area contributed by atoms with E-state index in [0.29, 0.717) is 31.9 Å². The molecular formula is C23H25NO4. The summed E-state index contributed by atoms with van der Waals surface area (Å²) in [6.07, 6.45) is 2.22. The van der Waals surface area contributed by atoms with Gasteiger partial charge in [-0.15, -0.1) is 0 Å². The van der Waals surface area contributed by atoms with Crippen LogP contribution in [0.1, 0.15) is 30.0 Å². The van der Waals surface area contributed by atoms with E-state index >= 15 is 0 Å². The van der Waals surface area contributed by atoms with Gasteiger partial charge in [0.05, 0.1) is 19.5 Å². The van der Waals surface area contributed by atoms with Gasteiger partial charge in [0.1, 0.15) is 0 Å². The fourth-order valence-corrected chi connectivity index (χ4v) is 2.98. The first-order valence-corrected chi connectivity index (χ1v) is 9.52. The predicted molar refractivity (Wildman–Crippen MR) is 109 cm³/mol. The molecule has 0 radical (unpaired) electrons. The topological polar surface area (TPSA) is 60.7 Å². The quantitative estimate of drug-likeness (QED) is 0.585. The van der Waals surface area contributed by atoms with Crippen molar-refractivity contribution in [2.45, 2.75) is 20.3 Å². The van der Waals surface area contributed by atoms with Crippen LogP contribution < -0.4 is 14.8 Å². The lowest BCUT2D eigenvalue weighted by molar-refractivity contribution is 0.0927. The number of hydrogen-bond acceptors (Lipinski definition) is 4. The van der Waals surface area contributed by atoms with Gasteiger partial charge in [-0.05, 0) is 49.6 Å². The van der Waals surface area contributed by atoms with E-state index in [1.807, 2.05) is 68.4 Å². The molecule has 0 saturated carbocycles. The maximum absolute atomic E-state index is 12.5. The average Bonchev–Trinajstić information content (AvgIpc) is 3.21. The van der Waals surface area contributed by atoms with E-state index in [2.05, 4.69) is 5.32 Å². The second-order valence-electron chi connectivity index (χ2n) is 6.18. The molecule has 1 N–H and O–H groups in total. The van der Waals surface area contributed by atoms with Gasteiger partial charge in [-0.3, -0.25) is 4.79 Å². The number of nitrogens with one attached hydrogen (secondary N) is 1. The molecular weight excluding hydrogens is 354 g/mol. The van der Waals surface area contributed by atoms with E-state index in [0.717, 1.165) is 28.2 Å². The minimum atomic E-state index is -0.222. The SMILES string of the molecule is CCOc1ccc(CCNC(=O)c2occc2-c2ccccc2)cc1OCC. The number of furan rings is 1. The molecule has 0 aliphatic rings. The minimum Gasteiger partial charge on any atom is -0.490 e. The molecule has 0 spiro atoms. The van der Waals surface area contributed by atoms with Crippen molar-refractivity contribution >= 4 is 5.91 Å². The summed E-state index contributed by atoms with van der Waals surface area (Å²) in [4.78, 5) is 12.5. The number of amides is 1. The smallest absolute Gasteiger partial charge is 0.287 e. The lowest BCUT2D eigenvalue weighted by Gasteiger charge is -2.12. The highest BCUT2D eigenvalue weighted by molar-refractivity contribution is 5.98. The number of ether oxygens (including phenoxy) is 2. The minimum absolute atomic E-state index is 0.222. The molecule has 28 heavy (non-hydrogen) atoms. The Labute approximate surface area is 165 Å². The normalized spacial score (nSPS) is 10.5. The molecule has 2 aromatic carbocycles.